The second-order valence-corrected chi connectivity index (χ2v) is 5.47. The maximum atomic E-state index is 12.9. The van der Waals surface area contributed by atoms with E-state index in [1.54, 1.807) is 4.90 Å². The zero-order valence-electron chi connectivity index (χ0n) is 11.0. The summed E-state index contributed by atoms with van der Waals surface area (Å²) in [5, 5.41) is 9.63. The Hall–Kier alpha value is -1.62. The van der Waals surface area contributed by atoms with E-state index in [1.807, 2.05) is 0 Å². The number of rotatable bonds is 2. The number of carbonyl (C=O) groups is 1. The van der Waals surface area contributed by atoms with Crippen molar-refractivity contribution in [3.8, 4) is 5.75 Å². The van der Waals surface area contributed by atoms with Gasteiger partial charge in [0, 0.05) is 19.2 Å². The zero-order valence-corrected chi connectivity index (χ0v) is 11.0. The van der Waals surface area contributed by atoms with E-state index in [1.165, 1.54) is 12.1 Å². The van der Waals surface area contributed by atoms with E-state index in [0.29, 0.717) is 19.6 Å². The maximum Gasteiger partial charge on any atom is 0.257 e. The van der Waals surface area contributed by atoms with Crippen molar-refractivity contribution in [3.63, 3.8) is 0 Å². The van der Waals surface area contributed by atoms with Crippen LogP contribution in [0.25, 0.3) is 0 Å². The van der Waals surface area contributed by atoms with Crippen LogP contribution in [-0.2, 0) is 0 Å². The fraction of sp³-hybridized carbons (Fsp3) is 0.500. The molecule has 1 fully saturated rings. The summed E-state index contributed by atoms with van der Waals surface area (Å²) in [6.07, 6.45) is 1.69. The van der Waals surface area contributed by atoms with Crippen LogP contribution < -0.4 is 5.73 Å². The summed E-state index contributed by atoms with van der Waals surface area (Å²) in [6, 6.07) is 3.46. The molecule has 0 aromatic heterocycles. The Labute approximate surface area is 112 Å². The van der Waals surface area contributed by atoms with Crippen LogP contribution in [0.15, 0.2) is 18.2 Å². The van der Waals surface area contributed by atoms with Crippen molar-refractivity contribution in [1.29, 1.82) is 0 Å². The summed E-state index contributed by atoms with van der Waals surface area (Å²) >= 11 is 0. The van der Waals surface area contributed by atoms with Crippen LogP contribution in [0, 0.1) is 11.2 Å². The van der Waals surface area contributed by atoms with E-state index < -0.39 is 5.82 Å². The summed E-state index contributed by atoms with van der Waals surface area (Å²) in [7, 11) is 0. The quantitative estimate of drug-likeness (QED) is 0.856. The zero-order chi connectivity index (χ0) is 14.0. The van der Waals surface area contributed by atoms with E-state index in [4.69, 9.17) is 5.73 Å². The highest BCUT2D eigenvalue weighted by Gasteiger charge is 2.31. The summed E-state index contributed by atoms with van der Waals surface area (Å²) in [6.45, 7) is 3.95. The minimum Gasteiger partial charge on any atom is -0.507 e. The number of phenolic OH excluding ortho intramolecular Hbond substituents is 1. The number of amides is 1. The first kappa shape index (κ1) is 13.8. The van der Waals surface area contributed by atoms with Crippen molar-refractivity contribution in [2.75, 3.05) is 19.6 Å². The molecular weight excluding hydrogens is 247 g/mol. The predicted molar refractivity (Wildman–Crippen MR) is 70.4 cm³/mol. The van der Waals surface area contributed by atoms with Gasteiger partial charge in [-0.1, -0.05) is 6.92 Å². The average molecular weight is 266 g/mol. The van der Waals surface area contributed by atoms with Crippen LogP contribution in [0.3, 0.4) is 0 Å². The smallest absolute Gasteiger partial charge is 0.257 e. The molecule has 1 amide bonds. The van der Waals surface area contributed by atoms with Gasteiger partial charge in [0.05, 0.1) is 5.56 Å². The van der Waals surface area contributed by atoms with Gasteiger partial charge in [-0.3, -0.25) is 4.79 Å². The molecule has 0 spiro atoms. The monoisotopic (exact) mass is 266 g/mol. The highest BCUT2D eigenvalue weighted by molar-refractivity contribution is 5.96. The second-order valence-electron chi connectivity index (χ2n) is 5.47. The molecule has 0 saturated carbocycles. The van der Waals surface area contributed by atoms with Gasteiger partial charge in [0.1, 0.15) is 11.6 Å². The molecule has 5 heteroatoms. The highest BCUT2D eigenvalue weighted by Crippen LogP contribution is 2.31. The molecule has 1 aliphatic heterocycles. The van der Waals surface area contributed by atoms with Crippen LogP contribution in [0.1, 0.15) is 30.1 Å². The average Bonchev–Trinajstić information content (AvgIpc) is 2.39. The Morgan fingerprint density at radius 1 is 1.47 bits per heavy atom. The standard InChI is InChI=1S/C14H19FN2O2/c1-14(9-16)4-6-17(7-5-14)13(19)11-3-2-10(15)8-12(11)18/h2-3,8,18H,4-7,9,16H2,1H3. The molecule has 4 nitrogen and oxygen atoms in total. The van der Waals surface area contributed by atoms with Crippen molar-refractivity contribution in [2.24, 2.45) is 11.1 Å². The van der Waals surface area contributed by atoms with Crippen LogP contribution >= 0.6 is 0 Å². The Balaban J connectivity index is 2.09. The van der Waals surface area contributed by atoms with Crippen molar-refractivity contribution in [2.45, 2.75) is 19.8 Å². The molecule has 1 heterocycles. The number of hydrogen-bond donors (Lipinski definition) is 2. The Kier molecular flexibility index (Phi) is 3.75. The van der Waals surface area contributed by atoms with E-state index in [-0.39, 0.29) is 22.6 Å². The summed E-state index contributed by atoms with van der Waals surface area (Å²) in [5.41, 5.74) is 5.96. The number of nitrogens with two attached hydrogens (primary N) is 1. The van der Waals surface area contributed by atoms with E-state index in [9.17, 15) is 14.3 Å². The molecule has 0 radical (unpaired) electrons. The molecule has 0 aliphatic carbocycles. The lowest BCUT2D eigenvalue weighted by Crippen LogP contribution is -2.44. The van der Waals surface area contributed by atoms with Gasteiger partial charge < -0.3 is 15.7 Å². The molecule has 1 aromatic rings. The van der Waals surface area contributed by atoms with E-state index >= 15 is 0 Å². The topological polar surface area (TPSA) is 66.6 Å². The number of benzene rings is 1. The van der Waals surface area contributed by atoms with Gasteiger partial charge in [0.25, 0.3) is 5.91 Å². The first-order chi connectivity index (χ1) is 8.95. The third-order valence-corrected chi connectivity index (χ3v) is 3.94. The maximum absolute atomic E-state index is 12.9. The van der Waals surface area contributed by atoms with E-state index in [2.05, 4.69) is 6.92 Å². The van der Waals surface area contributed by atoms with Crippen molar-refractivity contribution < 1.29 is 14.3 Å². The minimum atomic E-state index is -0.552. The molecular formula is C14H19FN2O2. The molecule has 0 atom stereocenters. The van der Waals surface area contributed by atoms with Gasteiger partial charge in [0.2, 0.25) is 0 Å². The van der Waals surface area contributed by atoms with Gasteiger partial charge >= 0.3 is 0 Å². The first-order valence-electron chi connectivity index (χ1n) is 6.43. The SMILES string of the molecule is CC1(CN)CCN(C(=O)c2ccc(F)cc2O)CC1. The van der Waals surface area contributed by atoms with Crippen LogP contribution in [0.5, 0.6) is 5.75 Å². The Morgan fingerprint density at radius 2 is 2.11 bits per heavy atom. The number of carbonyl (C=O) groups excluding carboxylic acids is 1. The second kappa shape index (κ2) is 5.17. The Morgan fingerprint density at radius 3 is 2.63 bits per heavy atom. The summed E-state index contributed by atoms with van der Waals surface area (Å²) in [4.78, 5) is 13.9. The number of likely N-dealkylation sites (tertiary alicyclic amines) is 1. The third kappa shape index (κ3) is 2.87. The molecule has 3 N–H and O–H groups in total. The Bertz CT molecular complexity index is 482. The number of piperidine rings is 1. The lowest BCUT2D eigenvalue weighted by Gasteiger charge is -2.38. The summed E-state index contributed by atoms with van der Waals surface area (Å²) < 4.78 is 12.9. The molecule has 19 heavy (non-hydrogen) atoms. The van der Waals surface area contributed by atoms with E-state index in [0.717, 1.165) is 18.9 Å². The van der Waals surface area contributed by atoms with Gasteiger partial charge in [-0.05, 0) is 36.9 Å². The summed E-state index contributed by atoms with van der Waals surface area (Å²) in [5.74, 6) is -1.11. The largest absolute Gasteiger partial charge is 0.507 e. The van der Waals surface area contributed by atoms with Crippen LogP contribution in [0.2, 0.25) is 0 Å². The minimum absolute atomic E-state index is 0.0849. The lowest BCUT2D eigenvalue weighted by molar-refractivity contribution is 0.0614. The fourth-order valence-corrected chi connectivity index (χ4v) is 2.31. The third-order valence-electron chi connectivity index (χ3n) is 3.94. The first-order valence-corrected chi connectivity index (χ1v) is 6.43. The van der Waals surface area contributed by atoms with Gasteiger partial charge in [0.15, 0.2) is 0 Å². The van der Waals surface area contributed by atoms with Crippen molar-refractivity contribution in [3.05, 3.63) is 29.6 Å². The van der Waals surface area contributed by atoms with Crippen LogP contribution in [0.4, 0.5) is 4.39 Å². The lowest BCUT2D eigenvalue weighted by atomic mass is 9.80. The van der Waals surface area contributed by atoms with Gasteiger partial charge in [-0.25, -0.2) is 4.39 Å². The molecule has 1 aliphatic rings. The van der Waals surface area contributed by atoms with Gasteiger partial charge in [-0.15, -0.1) is 0 Å². The molecule has 0 bridgehead atoms. The number of phenols is 1. The normalized spacial score (nSPS) is 18.4. The number of aromatic hydroxyl groups is 1. The number of nitrogens with zero attached hydrogens (tertiary/aromatic N) is 1. The van der Waals surface area contributed by atoms with Gasteiger partial charge in [-0.2, -0.15) is 0 Å². The van der Waals surface area contributed by atoms with Crippen molar-refractivity contribution >= 4 is 5.91 Å². The number of hydrogen-bond acceptors (Lipinski definition) is 3. The molecule has 1 aromatic carbocycles. The fourth-order valence-electron chi connectivity index (χ4n) is 2.31. The predicted octanol–water partition coefficient (Wildman–Crippen LogP) is 1.73. The molecule has 2 rings (SSSR count). The molecule has 0 unspecified atom stereocenters. The number of halogens is 1. The molecule has 104 valence electrons. The molecule has 1 saturated heterocycles. The van der Waals surface area contributed by atoms with Crippen molar-refractivity contribution in [1.82, 2.24) is 4.90 Å². The highest BCUT2D eigenvalue weighted by atomic mass is 19.1. The van der Waals surface area contributed by atoms with Crippen LogP contribution in [-0.4, -0.2) is 35.5 Å².